The molecule has 0 radical (unpaired) electrons. The summed E-state index contributed by atoms with van der Waals surface area (Å²) >= 11 is 0. The Morgan fingerprint density at radius 3 is 1.91 bits per heavy atom. The van der Waals surface area contributed by atoms with E-state index in [9.17, 15) is 0 Å². The third-order valence-corrected chi connectivity index (χ3v) is 15.5. The molecule has 12 rings (SSSR count). The number of aromatic nitrogens is 1. The quantitative estimate of drug-likeness (QED) is 0.167. The molecule has 2 unspecified atom stereocenters. The fourth-order valence-electron chi connectivity index (χ4n) is 9.85. The fourth-order valence-corrected chi connectivity index (χ4v) is 13.0. The van der Waals surface area contributed by atoms with Gasteiger partial charge >= 0.3 is 0 Å². The molecule has 8 aromatic carbocycles. The van der Waals surface area contributed by atoms with Gasteiger partial charge in [-0.25, -0.2) is 0 Å². The van der Waals surface area contributed by atoms with E-state index in [4.69, 9.17) is 18.6 Å². The summed E-state index contributed by atoms with van der Waals surface area (Å²) in [6.07, 6.45) is 0. The minimum atomic E-state index is -3.45. The van der Waals surface area contributed by atoms with Crippen LogP contribution in [0.1, 0.15) is 22.3 Å². The van der Waals surface area contributed by atoms with E-state index >= 15 is 4.57 Å². The average molecular weight is 772 g/mol. The first-order valence-corrected chi connectivity index (χ1v) is 21.0. The molecule has 0 saturated heterocycles. The zero-order valence-corrected chi connectivity index (χ0v) is 32.5. The molecular weight excluding hydrogens is 738 g/mol. The molecule has 0 amide bonds. The van der Waals surface area contributed by atoms with Crippen molar-refractivity contribution < 1.29 is 23.2 Å². The maximum absolute atomic E-state index is 16.4. The van der Waals surface area contributed by atoms with Gasteiger partial charge in [0.05, 0.1) is 30.7 Å². The molecule has 6 nitrogen and oxygen atoms in total. The third-order valence-electron chi connectivity index (χ3n) is 12.3. The predicted octanol–water partition coefficient (Wildman–Crippen LogP) is 11.1. The lowest BCUT2D eigenvalue weighted by Crippen LogP contribution is -2.48. The van der Waals surface area contributed by atoms with Crippen LogP contribution < -0.4 is 30.1 Å². The van der Waals surface area contributed by atoms with Crippen LogP contribution in [0.5, 0.6) is 23.0 Å². The van der Waals surface area contributed by atoms with Crippen LogP contribution in [-0.2, 0) is 9.98 Å². The number of benzene rings is 8. The van der Waals surface area contributed by atoms with Gasteiger partial charge in [-0.2, -0.15) is 0 Å². The molecule has 2 atom stereocenters. The minimum absolute atomic E-state index is 0.709. The lowest BCUT2D eigenvalue weighted by Gasteiger charge is -2.47. The lowest BCUT2D eigenvalue weighted by molar-refractivity contribution is 0.415. The Morgan fingerprint density at radius 2 is 1.16 bits per heavy atom. The molecule has 10 aromatic rings. The van der Waals surface area contributed by atoms with Crippen molar-refractivity contribution in [3.8, 4) is 28.7 Å². The Balaban J connectivity index is 1.21. The second-order valence-corrected chi connectivity index (χ2v) is 17.8. The number of methoxy groups -OCH3 is 2. The highest BCUT2D eigenvalue weighted by atomic mass is 31.2. The number of nitrogens with zero attached hydrogens (tertiary/aromatic N) is 1. The Kier molecular flexibility index (Phi) is 6.86. The molecule has 2 aliphatic rings. The number of ether oxygens (including phenoxy) is 3. The summed E-state index contributed by atoms with van der Waals surface area (Å²) in [4.78, 5) is 0. The Labute approximate surface area is 333 Å². The van der Waals surface area contributed by atoms with Crippen LogP contribution in [0.4, 0.5) is 0 Å². The van der Waals surface area contributed by atoms with Crippen LogP contribution >= 0.6 is 7.14 Å². The monoisotopic (exact) mass is 771 g/mol. The van der Waals surface area contributed by atoms with Gasteiger partial charge < -0.3 is 27.8 Å². The van der Waals surface area contributed by atoms with Crippen molar-refractivity contribution in [1.29, 1.82) is 0 Å². The van der Waals surface area contributed by atoms with Gasteiger partial charge in [0.1, 0.15) is 34.2 Å². The molecule has 0 bridgehead atoms. The zero-order chi connectivity index (χ0) is 38.8. The number of rotatable bonds is 4. The second-order valence-electron chi connectivity index (χ2n) is 15.1. The van der Waals surface area contributed by atoms with Crippen molar-refractivity contribution in [2.45, 2.75) is 5.41 Å². The van der Waals surface area contributed by atoms with Crippen molar-refractivity contribution >= 4 is 66.8 Å². The smallest absolute Gasteiger partial charge is 0.171 e. The van der Waals surface area contributed by atoms with E-state index in [0.29, 0.717) is 5.58 Å². The van der Waals surface area contributed by atoms with Crippen LogP contribution in [0.2, 0.25) is 0 Å². The van der Waals surface area contributed by atoms with E-state index in [-0.39, 0.29) is 0 Å². The highest BCUT2D eigenvalue weighted by Crippen LogP contribution is 2.62. The van der Waals surface area contributed by atoms with Gasteiger partial charge in [-0.1, -0.05) is 97.1 Å². The number of furan rings is 1. The summed E-state index contributed by atoms with van der Waals surface area (Å²) in [5.41, 5.74) is 7.50. The SMILES string of the molecule is COc1ccc2c(c1)c1cc(OC)ccc1n2-c1ccc2c(c1)Oc1ccccc1C21c2ccccc2P(=O)(c2ccccc2)c2cc3oc4ccccc4c3cc21. The number of hydrogen-bond donors (Lipinski definition) is 0. The Bertz CT molecular complexity index is 3340. The van der Waals surface area contributed by atoms with Crippen molar-refractivity contribution in [1.82, 2.24) is 4.57 Å². The van der Waals surface area contributed by atoms with E-state index in [1.807, 2.05) is 78.9 Å². The highest BCUT2D eigenvalue weighted by Gasteiger charge is 2.55. The lowest BCUT2D eigenvalue weighted by atomic mass is 9.63. The molecule has 1 spiro atoms. The molecule has 0 aliphatic carbocycles. The summed E-state index contributed by atoms with van der Waals surface area (Å²) in [5, 5.41) is 6.45. The first-order valence-electron chi connectivity index (χ1n) is 19.3. The highest BCUT2D eigenvalue weighted by molar-refractivity contribution is 7.85. The van der Waals surface area contributed by atoms with E-state index in [1.54, 1.807) is 14.2 Å². The predicted molar refractivity (Wildman–Crippen MR) is 232 cm³/mol. The number of fused-ring (bicyclic) bond motifs is 14. The van der Waals surface area contributed by atoms with Crippen molar-refractivity contribution in [2.24, 2.45) is 0 Å². The molecule has 2 aromatic heterocycles. The molecule has 0 saturated carbocycles. The van der Waals surface area contributed by atoms with E-state index in [1.165, 1.54) is 0 Å². The van der Waals surface area contributed by atoms with Crippen molar-refractivity contribution in [3.63, 3.8) is 0 Å². The van der Waals surface area contributed by atoms with E-state index in [2.05, 4.69) is 95.6 Å². The normalized spacial score (nSPS) is 17.8. The number of hydrogen-bond acceptors (Lipinski definition) is 5. The first-order chi connectivity index (χ1) is 28.5. The molecular formula is C51H34NO5P. The molecule has 2 aliphatic heterocycles. The topological polar surface area (TPSA) is 62.8 Å². The van der Waals surface area contributed by atoms with Gasteiger partial charge in [0, 0.05) is 60.3 Å². The molecule has 4 heterocycles. The van der Waals surface area contributed by atoms with Crippen molar-refractivity contribution in [3.05, 3.63) is 192 Å². The summed E-state index contributed by atoms with van der Waals surface area (Å²) in [5.74, 6) is 3.04. The van der Waals surface area contributed by atoms with Crippen LogP contribution in [0, 0.1) is 0 Å². The van der Waals surface area contributed by atoms with E-state index < -0.39 is 12.6 Å². The largest absolute Gasteiger partial charge is 0.497 e. The molecule has 0 N–H and O–H groups in total. The second kappa shape index (κ2) is 12.0. The maximum atomic E-state index is 16.4. The Morgan fingerprint density at radius 1 is 0.500 bits per heavy atom. The Hall–Kier alpha value is -7.01. The minimum Gasteiger partial charge on any atom is -0.497 e. The summed E-state index contributed by atoms with van der Waals surface area (Å²) < 4.78 is 43.6. The molecule has 0 fully saturated rings. The van der Waals surface area contributed by atoms with Gasteiger partial charge in [0.2, 0.25) is 0 Å². The van der Waals surface area contributed by atoms with E-state index in [0.717, 1.165) is 105 Å². The van der Waals surface area contributed by atoms with Gasteiger partial charge in [-0.05, 0) is 77.9 Å². The van der Waals surface area contributed by atoms with Gasteiger partial charge in [-0.15, -0.1) is 0 Å². The molecule has 278 valence electrons. The van der Waals surface area contributed by atoms with Crippen LogP contribution in [0.25, 0.3) is 49.4 Å². The maximum Gasteiger partial charge on any atom is 0.171 e. The van der Waals surface area contributed by atoms with Gasteiger partial charge in [0.15, 0.2) is 7.14 Å². The summed E-state index contributed by atoms with van der Waals surface area (Å²) in [7, 11) is -0.0723. The average Bonchev–Trinajstić information content (AvgIpc) is 3.81. The van der Waals surface area contributed by atoms with Gasteiger partial charge in [0.25, 0.3) is 0 Å². The standard InChI is InChI=1S/C51H34NO5P/c1-54-32-21-24-43-36(27-32)37-28-33(55-2)22-25-44(37)52(43)31-20-23-40-48(26-31)57-46-18-10-7-15-39(46)51(40)41-16-8-11-19-49(41)58(53,34-12-4-3-5-13-34)50-30-47-38(29-42(50)51)35-14-6-9-17-45(35)56-47/h3-30H,1-2H3. The molecule has 58 heavy (non-hydrogen) atoms. The van der Waals surface area contributed by atoms with Crippen LogP contribution in [0.3, 0.4) is 0 Å². The zero-order valence-electron chi connectivity index (χ0n) is 31.6. The first kappa shape index (κ1) is 33.2. The fraction of sp³-hybridized carbons (Fsp3) is 0.0588. The van der Waals surface area contributed by atoms with Gasteiger partial charge in [-0.3, -0.25) is 0 Å². The molecule has 7 heteroatoms. The summed E-state index contributed by atoms with van der Waals surface area (Å²) in [6.45, 7) is 0. The summed E-state index contributed by atoms with van der Waals surface area (Å²) in [6, 6.07) is 57.9. The van der Waals surface area contributed by atoms with Crippen molar-refractivity contribution in [2.75, 3.05) is 14.2 Å². The van der Waals surface area contributed by atoms with Crippen LogP contribution in [-0.4, -0.2) is 18.8 Å². The number of para-hydroxylation sites is 2. The van der Waals surface area contributed by atoms with Crippen LogP contribution in [0.15, 0.2) is 174 Å². The third kappa shape index (κ3) is 4.25.